The number of fused-ring (bicyclic) bond motifs is 1. The third kappa shape index (κ3) is 2.35. The Labute approximate surface area is 126 Å². The second kappa shape index (κ2) is 5.26. The molecule has 1 saturated heterocycles. The van der Waals surface area contributed by atoms with E-state index in [-0.39, 0.29) is 6.04 Å². The van der Waals surface area contributed by atoms with E-state index >= 15 is 0 Å². The quantitative estimate of drug-likeness (QED) is 0.905. The van der Waals surface area contributed by atoms with E-state index in [1.165, 1.54) is 0 Å². The molecule has 0 spiro atoms. The van der Waals surface area contributed by atoms with Crippen LogP contribution in [-0.4, -0.2) is 32.4 Å². The second-order valence-electron chi connectivity index (χ2n) is 5.92. The molecule has 2 heterocycles. The minimum atomic E-state index is -3.50. The Bertz CT molecular complexity index is 664. The summed E-state index contributed by atoms with van der Waals surface area (Å²) < 4.78 is 33.3. The van der Waals surface area contributed by atoms with Gasteiger partial charge >= 0.3 is 0 Å². The highest BCUT2D eigenvalue weighted by molar-refractivity contribution is 7.89. The van der Waals surface area contributed by atoms with E-state index in [4.69, 9.17) is 10.5 Å². The first-order chi connectivity index (χ1) is 9.93. The number of hydrogen-bond donors (Lipinski definition) is 1. The van der Waals surface area contributed by atoms with Gasteiger partial charge in [-0.3, -0.25) is 0 Å². The molecule has 3 rings (SSSR count). The zero-order valence-corrected chi connectivity index (χ0v) is 13.4. The van der Waals surface area contributed by atoms with Crippen molar-refractivity contribution in [2.75, 3.05) is 19.7 Å². The van der Waals surface area contributed by atoms with Crippen LogP contribution in [0.1, 0.15) is 42.0 Å². The van der Waals surface area contributed by atoms with Crippen LogP contribution in [0.15, 0.2) is 11.0 Å². The standard InChI is InChI=1S/C15H22N2O3S/c1-10-9-12-13(16)5-8-20-14(12)15(11(10)2)21(18,19)17-6-3-4-7-17/h9,13H,3-8,16H2,1-2H3. The highest BCUT2D eigenvalue weighted by Crippen LogP contribution is 2.41. The zero-order chi connectivity index (χ0) is 15.2. The molecule has 1 unspecified atom stereocenters. The van der Waals surface area contributed by atoms with E-state index in [1.54, 1.807) is 4.31 Å². The van der Waals surface area contributed by atoms with Gasteiger partial charge in [0.1, 0.15) is 10.6 Å². The number of rotatable bonds is 2. The molecule has 5 nitrogen and oxygen atoms in total. The largest absolute Gasteiger partial charge is 0.492 e. The van der Waals surface area contributed by atoms with Crippen molar-refractivity contribution in [3.05, 3.63) is 22.8 Å². The van der Waals surface area contributed by atoms with Crippen molar-refractivity contribution in [2.24, 2.45) is 5.73 Å². The van der Waals surface area contributed by atoms with Crippen LogP contribution < -0.4 is 10.5 Å². The molecule has 116 valence electrons. The summed E-state index contributed by atoms with van der Waals surface area (Å²) in [7, 11) is -3.50. The van der Waals surface area contributed by atoms with Crippen molar-refractivity contribution in [1.82, 2.24) is 4.31 Å². The molecule has 6 heteroatoms. The smallest absolute Gasteiger partial charge is 0.247 e. The molecular formula is C15H22N2O3S. The summed E-state index contributed by atoms with van der Waals surface area (Å²) >= 11 is 0. The Hall–Kier alpha value is -1.11. The van der Waals surface area contributed by atoms with Crippen LogP contribution in [0.25, 0.3) is 0 Å². The molecule has 21 heavy (non-hydrogen) atoms. The molecule has 2 N–H and O–H groups in total. The fraction of sp³-hybridized carbons (Fsp3) is 0.600. The topological polar surface area (TPSA) is 72.6 Å². The molecule has 0 bridgehead atoms. The van der Waals surface area contributed by atoms with Gasteiger partial charge in [0.05, 0.1) is 6.61 Å². The number of hydrogen-bond acceptors (Lipinski definition) is 4. The average molecular weight is 310 g/mol. The molecule has 2 aliphatic heterocycles. The van der Waals surface area contributed by atoms with Crippen molar-refractivity contribution in [3.63, 3.8) is 0 Å². The van der Waals surface area contributed by atoms with Crippen LogP contribution in [0, 0.1) is 13.8 Å². The van der Waals surface area contributed by atoms with E-state index < -0.39 is 10.0 Å². The maximum absolute atomic E-state index is 13.0. The summed E-state index contributed by atoms with van der Waals surface area (Å²) in [6.45, 7) is 5.44. The van der Waals surface area contributed by atoms with Crippen molar-refractivity contribution >= 4 is 10.0 Å². The van der Waals surface area contributed by atoms with Gasteiger partial charge in [0.15, 0.2) is 0 Å². The summed E-state index contributed by atoms with van der Waals surface area (Å²) in [6.07, 6.45) is 2.57. The van der Waals surface area contributed by atoms with Crippen LogP contribution in [0.3, 0.4) is 0 Å². The first kappa shape index (κ1) is 14.8. The molecule has 0 aliphatic carbocycles. The van der Waals surface area contributed by atoms with Gasteiger partial charge in [-0.1, -0.05) is 6.07 Å². The molecule has 0 aromatic heterocycles. The summed E-state index contributed by atoms with van der Waals surface area (Å²) in [6, 6.07) is 1.82. The molecule has 1 atom stereocenters. The maximum atomic E-state index is 13.0. The van der Waals surface area contributed by atoms with Gasteiger partial charge in [-0.25, -0.2) is 8.42 Å². The highest BCUT2D eigenvalue weighted by atomic mass is 32.2. The van der Waals surface area contributed by atoms with Gasteiger partial charge in [0, 0.05) is 31.1 Å². The van der Waals surface area contributed by atoms with Gasteiger partial charge in [-0.15, -0.1) is 0 Å². The van der Waals surface area contributed by atoms with Crippen molar-refractivity contribution in [3.8, 4) is 5.75 Å². The van der Waals surface area contributed by atoms with Gasteiger partial charge in [-0.05, 0) is 37.8 Å². The lowest BCUT2D eigenvalue weighted by Gasteiger charge is -2.28. The molecule has 1 fully saturated rings. The van der Waals surface area contributed by atoms with E-state index in [9.17, 15) is 8.42 Å². The van der Waals surface area contributed by atoms with Crippen molar-refractivity contribution in [1.29, 1.82) is 0 Å². The number of sulfonamides is 1. The summed E-state index contributed by atoms with van der Waals surface area (Å²) in [5.74, 6) is 0.476. The van der Waals surface area contributed by atoms with E-state index in [0.29, 0.717) is 30.3 Å². The maximum Gasteiger partial charge on any atom is 0.247 e. The fourth-order valence-electron chi connectivity index (χ4n) is 3.12. The van der Waals surface area contributed by atoms with Crippen LogP contribution in [0.4, 0.5) is 0 Å². The molecule has 2 aliphatic rings. The highest BCUT2D eigenvalue weighted by Gasteiger charge is 2.35. The zero-order valence-electron chi connectivity index (χ0n) is 12.6. The van der Waals surface area contributed by atoms with E-state index in [0.717, 1.165) is 36.0 Å². The SMILES string of the molecule is Cc1cc2c(c(S(=O)(=O)N3CCCC3)c1C)OCCC2N. The van der Waals surface area contributed by atoms with E-state index in [1.807, 2.05) is 19.9 Å². The number of ether oxygens (including phenoxy) is 1. The Kier molecular flexibility index (Phi) is 3.71. The van der Waals surface area contributed by atoms with Crippen LogP contribution in [-0.2, 0) is 10.0 Å². The Morgan fingerprint density at radius 2 is 1.95 bits per heavy atom. The number of nitrogens with zero attached hydrogens (tertiary/aromatic N) is 1. The van der Waals surface area contributed by atoms with Crippen molar-refractivity contribution < 1.29 is 13.2 Å². The second-order valence-corrected chi connectivity index (χ2v) is 7.80. The van der Waals surface area contributed by atoms with Gasteiger partial charge in [0.25, 0.3) is 0 Å². The molecular weight excluding hydrogens is 288 g/mol. The molecule has 1 aromatic carbocycles. The number of nitrogens with two attached hydrogens (primary N) is 1. The lowest BCUT2D eigenvalue weighted by atomic mass is 9.96. The average Bonchev–Trinajstić information content (AvgIpc) is 2.96. The van der Waals surface area contributed by atoms with Crippen LogP contribution in [0.5, 0.6) is 5.75 Å². The summed E-state index contributed by atoms with van der Waals surface area (Å²) in [5, 5.41) is 0. The lowest BCUT2D eigenvalue weighted by molar-refractivity contribution is 0.260. The minimum absolute atomic E-state index is 0.152. The van der Waals surface area contributed by atoms with Gasteiger partial charge < -0.3 is 10.5 Å². The van der Waals surface area contributed by atoms with Gasteiger partial charge in [-0.2, -0.15) is 4.31 Å². The Morgan fingerprint density at radius 3 is 2.62 bits per heavy atom. The Balaban J connectivity index is 2.22. The normalized spacial score (nSPS) is 22.9. The van der Waals surface area contributed by atoms with Crippen LogP contribution >= 0.6 is 0 Å². The fourth-order valence-corrected chi connectivity index (χ4v) is 5.08. The third-order valence-electron chi connectivity index (χ3n) is 4.51. The minimum Gasteiger partial charge on any atom is -0.492 e. The molecule has 0 saturated carbocycles. The summed E-state index contributed by atoms with van der Waals surface area (Å²) in [5.41, 5.74) is 8.69. The predicted octanol–water partition coefficient (Wildman–Crippen LogP) is 1.87. The van der Waals surface area contributed by atoms with Gasteiger partial charge in [0.2, 0.25) is 10.0 Å². The predicted molar refractivity (Wildman–Crippen MR) is 80.9 cm³/mol. The number of benzene rings is 1. The third-order valence-corrected chi connectivity index (χ3v) is 6.56. The Morgan fingerprint density at radius 1 is 1.29 bits per heavy atom. The first-order valence-electron chi connectivity index (χ1n) is 7.45. The number of aryl methyl sites for hydroxylation is 1. The molecule has 0 radical (unpaired) electrons. The molecule has 1 aromatic rings. The van der Waals surface area contributed by atoms with E-state index in [2.05, 4.69) is 0 Å². The van der Waals surface area contributed by atoms with Crippen molar-refractivity contribution in [2.45, 2.75) is 44.0 Å². The first-order valence-corrected chi connectivity index (χ1v) is 8.89. The lowest BCUT2D eigenvalue weighted by Crippen LogP contribution is -2.31. The monoisotopic (exact) mass is 310 g/mol. The van der Waals surface area contributed by atoms with Crippen LogP contribution in [0.2, 0.25) is 0 Å². The molecule has 0 amide bonds. The summed E-state index contributed by atoms with van der Waals surface area (Å²) in [4.78, 5) is 0.328.